The van der Waals surface area contributed by atoms with Crippen molar-refractivity contribution in [3.8, 4) is 10.7 Å². The molecule has 0 spiro atoms. The summed E-state index contributed by atoms with van der Waals surface area (Å²) in [6.07, 6.45) is 4.76. The third-order valence-corrected chi connectivity index (χ3v) is 5.05. The smallest absolute Gasteiger partial charge is 0.291 e. The maximum atomic E-state index is 12.2. The molecule has 0 aliphatic carbocycles. The van der Waals surface area contributed by atoms with Crippen LogP contribution >= 0.6 is 24.2 Å². The summed E-state index contributed by atoms with van der Waals surface area (Å²) < 4.78 is 1.36. The van der Waals surface area contributed by atoms with Gasteiger partial charge < -0.3 is 0 Å². The Morgan fingerprint density at radius 3 is 2.85 bits per heavy atom. The van der Waals surface area contributed by atoms with Crippen molar-refractivity contribution in [2.24, 2.45) is 0 Å². The lowest BCUT2D eigenvalue weighted by Crippen LogP contribution is -2.28. The third kappa shape index (κ3) is 4.47. The molecule has 0 radical (unpaired) electrons. The first-order chi connectivity index (χ1) is 12.6. The number of carbonyl (C=O) groups excluding carboxylic acids is 1. The second-order valence-corrected chi connectivity index (χ2v) is 7.19. The summed E-state index contributed by atoms with van der Waals surface area (Å²) in [5, 5.41) is 5.50. The van der Waals surface area contributed by atoms with Crippen LogP contribution in [0.4, 0.5) is 10.6 Å². The second kappa shape index (κ2) is 8.41. The fourth-order valence-electron chi connectivity index (χ4n) is 2.33. The first-order valence-electron chi connectivity index (χ1n) is 8.40. The number of nitrogens with one attached hydrogen (secondary N) is 1. The molecule has 0 saturated heterocycles. The normalized spacial score (nSPS) is 10.9. The van der Waals surface area contributed by atoms with Crippen LogP contribution in [0.5, 0.6) is 0 Å². The highest BCUT2D eigenvalue weighted by molar-refractivity contribution is 7.78. The number of unbranched alkanes of at least 4 members (excludes halogenated alkanes) is 2. The number of aryl methyl sites for hydroxylation is 1. The van der Waals surface area contributed by atoms with Gasteiger partial charge in [0.1, 0.15) is 22.0 Å². The van der Waals surface area contributed by atoms with Crippen LogP contribution in [0.15, 0.2) is 23.7 Å². The maximum Gasteiger partial charge on any atom is 0.332 e. The van der Waals surface area contributed by atoms with Crippen LogP contribution in [0.1, 0.15) is 31.9 Å². The van der Waals surface area contributed by atoms with Gasteiger partial charge in [0, 0.05) is 17.6 Å². The van der Waals surface area contributed by atoms with Crippen LogP contribution in [-0.4, -0.2) is 36.8 Å². The van der Waals surface area contributed by atoms with Gasteiger partial charge in [-0.3, -0.25) is 14.6 Å². The zero-order valence-corrected chi connectivity index (χ0v) is 16.3. The number of anilines is 1. The Hall–Kier alpha value is -2.26. The predicted molar refractivity (Wildman–Crippen MR) is 107 cm³/mol. The number of hydrogen-bond acceptors (Lipinski definition) is 7. The molecule has 0 bridgehead atoms. The summed E-state index contributed by atoms with van der Waals surface area (Å²) in [6.45, 7) is 4.64. The van der Waals surface area contributed by atoms with E-state index in [0.717, 1.165) is 30.0 Å². The average Bonchev–Trinajstić information content (AvgIpc) is 3.07. The van der Waals surface area contributed by atoms with Crippen molar-refractivity contribution in [3.63, 3.8) is 0 Å². The molecule has 9 heteroatoms. The lowest BCUT2D eigenvalue weighted by molar-refractivity contribution is 0.238. The number of amides is 2. The van der Waals surface area contributed by atoms with Gasteiger partial charge in [0.2, 0.25) is 0 Å². The molecular formula is C17H20N6OS2. The van der Waals surface area contributed by atoms with E-state index in [2.05, 4.69) is 45.0 Å². The van der Waals surface area contributed by atoms with Crippen LogP contribution in [0.2, 0.25) is 0 Å². The number of hydrogen-bond donors (Lipinski definition) is 2. The Bertz CT molecular complexity index is 913. The standard InChI is InChI=1S/C17H20N6OS2/c1-3-4-5-8-23(25)17(24)22-14-7-6-12-15(21-14)20-13(9-18-12)16-19-11(2)10-26-16/h6-7,9-10,25H,3-5,8H2,1-2H3,(H,20,21,22,24). The van der Waals surface area contributed by atoms with E-state index in [1.165, 1.54) is 15.6 Å². The molecule has 3 aromatic heterocycles. The zero-order valence-electron chi connectivity index (χ0n) is 14.6. The van der Waals surface area contributed by atoms with Gasteiger partial charge in [-0.25, -0.2) is 19.7 Å². The van der Waals surface area contributed by atoms with Crippen LogP contribution in [-0.2, 0) is 0 Å². The zero-order chi connectivity index (χ0) is 18.5. The molecule has 26 heavy (non-hydrogen) atoms. The van der Waals surface area contributed by atoms with E-state index in [9.17, 15) is 4.79 Å². The van der Waals surface area contributed by atoms with Crippen molar-refractivity contribution < 1.29 is 4.79 Å². The summed E-state index contributed by atoms with van der Waals surface area (Å²) >= 11 is 5.74. The Morgan fingerprint density at radius 1 is 1.27 bits per heavy atom. The Morgan fingerprint density at radius 2 is 2.12 bits per heavy atom. The lowest BCUT2D eigenvalue weighted by Gasteiger charge is -2.15. The van der Waals surface area contributed by atoms with E-state index in [4.69, 9.17) is 0 Å². The first kappa shape index (κ1) is 18.5. The molecule has 0 atom stereocenters. The van der Waals surface area contributed by atoms with Crippen LogP contribution in [0.25, 0.3) is 21.9 Å². The van der Waals surface area contributed by atoms with Crippen LogP contribution < -0.4 is 5.32 Å². The predicted octanol–water partition coefficient (Wildman–Crippen LogP) is 4.33. The number of pyridine rings is 1. The van der Waals surface area contributed by atoms with Crippen LogP contribution in [0, 0.1) is 6.92 Å². The van der Waals surface area contributed by atoms with E-state index >= 15 is 0 Å². The van der Waals surface area contributed by atoms with Gasteiger partial charge in [0.25, 0.3) is 0 Å². The number of aromatic nitrogens is 4. The maximum absolute atomic E-state index is 12.2. The first-order valence-corrected chi connectivity index (χ1v) is 9.68. The van der Waals surface area contributed by atoms with Gasteiger partial charge in [-0.15, -0.1) is 11.3 Å². The highest BCUT2D eigenvalue weighted by atomic mass is 32.1. The fraction of sp³-hybridized carbons (Fsp3) is 0.353. The van der Waals surface area contributed by atoms with Gasteiger partial charge in [-0.1, -0.05) is 32.6 Å². The van der Waals surface area contributed by atoms with Crippen molar-refractivity contribution in [3.05, 3.63) is 29.4 Å². The average molecular weight is 389 g/mol. The van der Waals surface area contributed by atoms with Crippen molar-refractivity contribution in [1.29, 1.82) is 0 Å². The largest absolute Gasteiger partial charge is 0.332 e. The van der Waals surface area contributed by atoms with Gasteiger partial charge in [0.15, 0.2) is 5.65 Å². The Kier molecular flexibility index (Phi) is 6.00. The summed E-state index contributed by atoms with van der Waals surface area (Å²) in [5.41, 5.74) is 2.73. The Labute approximate surface area is 161 Å². The molecule has 2 amide bonds. The van der Waals surface area contributed by atoms with E-state index in [1.54, 1.807) is 18.3 Å². The monoisotopic (exact) mass is 388 g/mol. The van der Waals surface area contributed by atoms with Gasteiger partial charge >= 0.3 is 6.03 Å². The molecule has 136 valence electrons. The third-order valence-electron chi connectivity index (χ3n) is 3.69. The van der Waals surface area contributed by atoms with Gasteiger partial charge in [-0.2, -0.15) is 0 Å². The summed E-state index contributed by atoms with van der Waals surface area (Å²) in [6, 6.07) is 3.17. The van der Waals surface area contributed by atoms with Crippen LogP contribution in [0.3, 0.4) is 0 Å². The number of fused-ring (bicyclic) bond motifs is 1. The molecule has 0 aliphatic heterocycles. The molecule has 1 N–H and O–H groups in total. The molecule has 7 nitrogen and oxygen atoms in total. The molecule has 0 aliphatic rings. The highest BCUT2D eigenvalue weighted by Gasteiger charge is 2.12. The molecule has 3 aromatic rings. The van der Waals surface area contributed by atoms with Crippen molar-refractivity contribution in [1.82, 2.24) is 24.2 Å². The molecule has 3 heterocycles. The number of carbonyl (C=O) groups is 1. The number of nitrogens with zero attached hydrogens (tertiary/aromatic N) is 5. The number of thiol groups is 1. The van der Waals surface area contributed by atoms with E-state index in [-0.39, 0.29) is 6.03 Å². The number of urea groups is 1. The minimum absolute atomic E-state index is 0.309. The SMILES string of the molecule is CCCCCN(S)C(=O)Nc1ccc2ncc(-c3nc(C)cs3)nc2n1. The topological polar surface area (TPSA) is 83.9 Å². The summed E-state index contributed by atoms with van der Waals surface area (Å²) in [5.74, 6) is 0.416. The van der Waals surface area contributed by atoms with E-state index in [0.29, 0.717) is 29.2 Å². The molecular weight excluding hydrogens is 368 g/mol. The second-order valence-electron chi connectivity index (χ2n) is 5.85. The minimum Gasteiger partial charge on any atom is -0.291 e. The molecule has 0 unspecified atom stereocenters. The van der Waals surface area contributed by atoms with Crippen molar-refractivity contribution in [2.45, 2.75) is 33.1 Å². The summed E-state index contributed by atoms with van der Waals surface area (Å²) in [4.78, 5) is 29.9. The molecule has 0 saturated carbocycles. The summed E-state index contributed by atoms with van der Waals surface area (Å²) in [7, 11) is 0. The fourth-order valence-corrected chi connectivity index (χ4v) is 3.27. The van der Waals surface area contributed by atoms with Gasteiger partial charge in [0.05, 0.1) is 6.20 Å². The van der Waals surface area contributed by atoms with E-state index < -0.39 is 0 Å². The van der Waals surface area contributed by atoms with E-state index in [1.807, 2.05) is 12.3 Å². The molecule has 3 rings (SSSR count). The molecule has 0 fully saturated rings. The number of thiazole rings is 1. The minimum atomic E-state index is -0.309. The van der Waals surface area contributed by atoms with Gasteiger partial charge in [-0.05, 0) is 25.5 Å². The van der Waals surface area contributed by atoms with Crippen molar-refractivity contribution >= 4 is 47.2 Å². The lowest BCUT2D eigenvalue weighted by atomic mass is 10.2. The quantitative estimate of drug-likeness (QED) is 0.485. The number of rotatable bonds is 6. The van der Waals surface area contributed by atoms with Crippen molar-refractivity contribution in [2.75, 3.05) is 11.9 Å². The molecule has 0 aromatic carbocycles. The Balaban J connectivity index is 1.76. The highest BCUT2D eigenvalue weighted by Crippen LogP contribution is 2.23.